The average molecular weight is 371 g/mol. The van der Waals surface area contributed by atoms with Gasteiger partial charge in [-0.15, -0.1) is 0 Å². The topological polar surface area (TPSA) is 71.5 Å². The molecule has 1 saturated carbocycles. The second-order valence-electron chi connectivity index (χ2n) is 6.68. The van der Waals surface area contributed by atoms with E-state index in [1.807, 2.05) is 17.0 Å². The molecule has 0 bridgehead atoms. The third-order valence-electron chi connectivity index (χ3n) is 5.06. The highest BCUT2D eigenvalue weighted by Gasteiger charge is 2.29. The summed E-state index contributed by atoms with van der Waals surface area (Å²) in [6.07, 6.45) is 3.77. The number of para-hydroxylation sites is 1. The Labute approximate surface area is 156 Å². The van der Waals surface area contributed by atoms with Gasteiger partial charge in [0.2, 0.25) is 5.91 Å². The van der Waals surface area contributed by atoms with E-state index < -0.39 is 0 Å². The molecule has 136 valence electrons. The number of rotatable bonds is 4. The predicted octanol–water partition coefficient (Wildman–Crippen LogP) is 3.09. The van der Waals surface area contributed by atoms with Gasteiger partial charge in [0.15, 0.2) is 5.13 Å². The van der Waals surface area contributed by atoms with Crippen molar-refractivity contribution in [1.29, 1.82) is 0 Å². The Morgan fingerprint density at radius 2 is 2.12 bits per heavy atom. The third kappa shape index (κ3) is 3.19. The zero-order valence-electron chi connectivity index (χ0n) is 14.7. The number of aromatic nitrogens is 1. The summed E-state index contributed by atoms with van der Waals surface area (Å²) < 4.78 is 5.31. The third-order valence-corrected chi connectivity index (χ3v) is 6.06. The Morgan fingerprint density at radius 1 is 1.31 bits per heavy atom. The molecule has 0 radical (unpaired) electrons. The first-order valence-corrected chi connectivity index (χ1v) is 9.69. The Bertz CT molecular complexity index is 844. The molecule has 1 fully saturated rings. The van der Waals surface area contributed by atoms with Crippen LogP contribution in [-0.4, -0.2) is 35.4 Å². The number of nitrogens with zero attached hydrogens (tertiary/aromatic N) is 2. The van der Waals surface area contributed by atoms with Crippen molar-refractivity contribution >= 4 is 28.3 Å². The van der Waals surface area contributed by atoms with Crippen LogP contribution in [0.15, 0.2) is 24.3 Å². The molecule has 2 aliphatic rings. The molecule has 1 aromatic carbocycles. The summed E-state index contributed by atoms with van der Waals surface area (Å²) in [5, 5.41) is 3.59. The van der Waals surface area contributed by atoms with E-state index in [4.69, 9.17) is 4.74 Å². The van der Waals surface area contributed by atoms with Crippen molar-refractivity contribution in [2.75, 3.05) is 19.0 Å². The zero-order valence-corrected chi connectivity index (χ0v) is 15.5. The highest BCUT2D eigenvalue weighted by atomic mass is 32.1. The number of amides is 2. The fourth-order valence-corrected chi connectivity index (χ4v) is 4.32. The maximum absolute atomic E-state index is 12.9. The van der Waals surface area contributed by atoms with Crippen LogP contribution in [0, 0.1) is 5.92 Å². The summed E-state index contributed by atoms with van der Waals surface area (Å²) in [7, 11) is 1.57. The number of hydrogen-bond donors (Lipinski definition) is 1. The molecular formula is C19H21N3O3S. The van der Waals surface area contributed by atoms with E-state index in [0.717, 1.165) is 29.8 Å². The molecule has 1 aliphatic carbocycles. The molecule has 0 spiro atoms. The Hall–Kier alpha value is -2.41. The second-order valence-corrected chi connectivity index (χ2v) is 7.77. The molecule has 4 rings (SSSR count). The van der Waals surface area contributed by atoms with Crippen LogP contribution in [0.2, 0.25) is 0 Å². The summed E-state index contributed by atoms with van der Waals surface area (Å²) in [6.45, 7) is 1.13. The van der Waals surface area contributed by atoms with E-state index in [2.05, 4.69) is 10.3 Å². The number of fused-ring (bicyclic) bond motifs is 1. The van der Waals surface area contributed by atoms with Crippen molar-refractivity contribution in [3.8, 4) is 5.75 Å². The van der Waals surface area contributed by atoms with Gasteiger partial charge in [0.25, 0.3) is 5.91 Å². The zero-order chi connectivity index (χ0) is 18.1. The minimum Gasteiger partial charge on any atom is -0.496 e. The number of carbonyl (C=O) groups excluding carboxylic acids is 2. The van der Waals surface area contributed by atoms with Crippen LogP contribution in [0.1, 0.15) is 40.2 Å². The van der Waals surface area contributed by atoms with Crippen LogP contribution >= 0.6 is 11.3 Å². The minimum atomic E-state index is -0.0402. The van der Waals surface area contributed by atoms with Gasteiger partial charge in [-0.1, -0.05) is 29.9 Å². The lowest BCUT2D eigenvalue weighted by molar-refractivity contribution is -0.122. The van der Waals surface area contributed by atoms with Crippen LogP contribution in [0.3, 0.4) is 0 Å². The van der Waals surface area contributed by atoms with Crippen LogP contribution in [0.25, 0.3) is 0 Å². The summed E-state index contributed by atoms with van der Waals surface area (Å²) in [5.74, 6) is 0.756. The van der Waals surface area contributed by atoms with Crippen LogP contribution in [-0.2, 0) is 17.8 Å². The smallest absolute Gasteiger partial charge is 0.257 e. The molecule has 6 nitrogen and oxygen atoms in total. The van der Waals surface area contributed by atoms with Crippen LogP contribution in [0.5, 0.6) is 5.75 Å². The average Bonchev–Trinajstić information content (AvgIpc) is 3.00. The quantitative estimate of drug-likeness (QED) is 0.896. The van der Waals surface area contributed by atoms with Gasteiger partial charge in [0, 0.05) is 23.8 Å². The van der Waals surface area contributed by atoms with E-state index in [1.165, 1.54) is 11.3 Å². The number of benzene rings is 1. The van der Waals surface area contributed by atoms with E-state index in [-0.39, 0.29) is 17.7 Å². The largest absolute Gasteiger partial charge is 0.496 e. The van der Waals surface area contributed by atoms with Gasteiger partial charge in [0.05, 0.1) is 24.9 Å². The van der Waals surface area contributed by atoms with E-state index >= 15 is 0 Å². The number of methoxy groups -OCH3 is 1. The SMILES string of the molecule is COc1ccccc1C(=O)N1CCc2nc(NC(=O)C3CCC3)sc2C1. The molecule has 2 aromatic rings. The summed E-state index contributed by atoms with van der Waals surface area (Å²) >= 11 is 1.47. The van der Waals surface area contributed by atoms with Gasteiger partial charge in [0.1, 0.15) is 5.75 Å². The highest BCUT2D eigenvalue weighted by Crippen LogP contribution is 2.32. The number of ether oxygens (including phenoxy) is 1. The predicted molar refractivity (Wildman–Crippen MR) is 99.5 cm³/mol. The summed E-state index contributed by atoms with van der Waals surface area (Å²) in [4.78, 5) is 32.4. The number of nitrogens with one attached hydrogen (secondary N) is 1. The Morgan fingerprint density at radius 3 is 2.85 bits per heavy atom. The molecule has 1 aromatic heterocycles. The molecule has 26 heavy (non-hydrogen) atoms. The van der Waals surface area contributed by atoms with E-state index in [1.54, 1.807) is 19.2 Å². The first kappa shape index (κ1) is 17.0. The van der Waals surface area contributed by atoms with Gasteiger partial charge in [-0.25, -0.2) is 4.98 Å². The number of carbonyl (C=O) groups is 2. The first-order valence-electron chi connectivity index (χ1n) is 8.87. The molecule has 0 atom stereocenters. The van der Waals surface area contributed by atoms with E-state index in [9.17, 15) is 9.59 Å². The molecular weight excluding hydrogens is 350 g/mol. The van der Waals surface area contributed by atoms with Crippen LogP contribution < -0.4 is 10.1 Å². The number of anilines is 1. The lowest BCUT2D eigenvalue weighted by Gasteiger charge is -2.26. The number of hydrogen-bond acceptors (Lipinski definition) is 5. The van der Waals surface area contributed by atoms with E-state index in [0.29, 0.717) is 36.0 Å². The first-order chi connectivity index (χ1) is 12.7. The van der Waals surface area contributed by atoms with Crippen LogP contribution in [0.4, 0.5) is 5.13 Å². The molecule has 0 unspecified atom stereocenters. The molecule has 2 heterocycles. The van der Waals surface area contributed by atoms with Gasteiger partial charge in [-0.2, -0.15) is 0 Å². The lowest BCUT2D eigenvalue weighted by atomic mass is 9.85. The van der Waals surface area contributed by atoms with Crippen molar-refractivity contribution < 1.29 is 14.3 Å². The van der Waals surface area contributed by atoms with Crippen molar-refractivity contribution in [2.45, 2.75) is 32.2 Å². The number of thiazole rings is 1. The van der Waals surface area contributed by atoms with Crippen molar-refractivity contribution in [2.24, 2.45) is 5.92 Å². The lowest BCUT2D eigenvalue weighted by Crippen LogP contribution is -2.35. The maximum atomic E-state index is 12.9. The normalized spacial score (nSPS) is 16.6. The minimum absolute atomic E-state index is 0.0402. The molecule has 2 amide bonds. The van der Waals surface area contributed by atoms with Crippen molar-refractivity contribution in [1.82, 2.24) is 9.88 Å². The maximum Gasteiger partial charge on any atom is 0.257 e. The van der Waals surface area contributed by atoms with Gasteiger partial charge >= 0.3 is 0 Å². The Balaban J connectivity index is 1.47. The van der Waals surface area contributed by atoms with Gasteiger partial charge in [-0.05, 0) is 25.0 Å². The van der Waals surface area contributed by atoms with Crippen molar-refractivity contribution in [3.63, 3.8) is 0 Å². The monoisotopic (exact) mass is 371 g/mol. The Kier molecular flexibility index (Phi) is 4.63. The molecule has 1 N–H and O–H groups in total. The molecule has 7 heteroatoms. The highest BCUT2D eigenvalue weighted by molar-refractivity contribution is 7.15. The summed E-state index contributed by atoms with van der Waals surface area (Å²) in [6, 6.07) is 7.27. The standard InChI is InChI=1S/C19H21N3O3S/c1-25-15-8-3-2-7-13(15)18(24)22-10-9-14-16(11-22)26-19(20-14)21-17(23)12-5-4-6-12/h2-3,7-8,12H,4-6,9-11H2,1H3,(H,20,21,23). The fraction of sp³-hybridized carbons (Fsp3) is 0.421. The summed E-state index contributed by atoms with van der Waals surface area (Å²) in [5.41, 5.74) is 1.56. The van der Waals surface area contributed by atoms with Gasteiger partial charge in [-0.3, -0.25) is 9.59 Å². The van der Waals surface area contributed by atoms with Crippen molar-refractivity contribution in [3.05, 3.63) is 40.4 Å². The molecule has 0 saturated heterocycles. The molecule has 1 aliphatic heterocycles. The fourth-order valence-electron chi connectivity index (χ4n) is 3.29. The second kappa shape index (κ2) is 7.07. The van der Waals surface area contributed by atoms with Gasteiger partial charge < -0.3 is 15.0 Å².